The maximum absolute atomic E-state index is 10.4. The molecular formula is C10H9BrN4O3. The number of nitrogens with zero attached hydrogens (tertiary/aromatic N) is 3. The van der Waals surface area contributed by atoms with E-state index in [0.29, 0.717) is 21.9 Å². The van der Waals surface area contributed by atoms with Gasteiger partial charge in [-0.3, -0.25) is 5.32 Å². The van der Waals surface area contributed by atoms with Crippen LogP contribution < -0.4 is 10.1 Å². The van der Waals surface area contributed by atoms with Gasteiger partial charge in [0.15, 0.2) is 5.82 Å². The number of nitrogens with one attached hydrogen (secondary N) is 1. The molecule has 2 rings (SSSR count). The number of ether oxygens (including phenoxy) is 1. The molecule has 0 radical (unpaired) electrons. The molecule has 94 valence electrons. The van der Waals surface area contributed by atoms with E-state index in [9.17, 15) is 4.79 Å². The zero-order chi connectivity index (χ0) is 13.1. The Morgan fingerprint density at radius 3 is 2.83 bits per heavy atom. The molecule has 0 atom stereocenters. The van der Waals surface area contributed by atoms with E-state index in [4.69, 9.17) is 9.84 Å². The Balaban J connectivity index is 2.25. The topological polar surface area (TPSA) is 89.3 Å². The van der Waals surface area contributed by atoms with Crippen molar-refractivity contribution in [3.8, 4) is 11.7 Å². The number of rotatable bonds is 3. The summed E-state index contributed by atoms with van der Waals surface area (Å²) in [5.74, 6) is 1.000. The van der Waals surface area contributed by atoms with Gasteiger partial charge in [-0.1, -0.05) is 0 Å². The predicted molar refractivity (Wildman–Crippen MR) is 67.3 cm³/mol. The Hall–Kier alpha value is -2.09. The van der Waals surface area contributed by atoms with Gasteiger partial charge in [0, 0.05) is 0 Å². The summed E-state index contributed by atoms with van der Waals surface area (Å²) in [6.07, 6.45) is 1.98. The molecule has 0 aliphatic heterocycles. The number of pyridine rings is 1. The molecule has 0 bridgehead atoms. The van der Waals surface area contributed by atoms with Crippen LogP contribution in [0.15, 0.2) is 29.0 Å². The van der Waals surface area contributed by atoms with Gasteiger partial charge in [-0.2, -0.15) is 0 Å². The SMILES string of the molecule is COc1nn(-c2ccc(NC(=O)O)cn2)cc1Br. The highest BCUT2D eigenvalue weighted by Crippen LogP contribution is 2.23. The first-order valence-electron chi connectivity index (χ1n) is 4.85. The van der Waals surface area contributed by atoms with Crippen molar-refractivity contribution in [2.45, 2.75) is 0 Å². The van der Waals surface area contributed by atoms with Gasteiger partial charge in [-0.15, -0.1) is 5.10 Å². The van der Waals surface area contributed by atoms with Crippen molar-refractivity contribution in [3.63, 3.8) is 0 Å². The molecule has 0 saturated carbocycles. The average Bonchev–Trinajstić information content (AvgIpc) is 2.71. The Morgan fingerprint density at radius 1 is 1.56 bits per heavy atom. The van der Waals surface area contributed by atoms with Crippen molar-refractivity contribution in [1.29, 1.82) is 0 Å². The summed E-state index contributed by atoms with van der Waals surface area (Å²) in [7, 11) is 1.52. The van der Waals surface area contributed by atoms with Crippen LogP contribution in [0.25, 0.3) is 5.82 Å². The molecule has 2 aromatic heterocycles. The fourth-order valence-electron chi connectivity index (χ4n) is 1.31. The van der Waals surface area contributed by atoms with E-state index in [1.165, 1.54) is 18.0 Å². The lowest BCUT2D eigenvalue weighted by Gasteiger charge is -2.02. The standard InChI is InChI=1S/C10H9BrN4O3/c1-18-9-7(11)5-15(14-9)8-3-2-6(4-12-8)13-10(16)17/h2-5,13H,1H3,(H,16,17). The zero-order valence-corrected chi connectivity index (χ0v) is 10.9. The summed E-state index contributed by atoms with van der Waals surface area (Å²) in [5.41, 5.74) is 0.393. The number of halogens is 1. The highest BCUT2D eigenvalue weighted by atomic mass is 79.9. The number of amides is 1. The monoisotopic (exact) mass is 312 g/mol. The first-order chi connectivity index (χ1) is 8.60. The van der Waals surface area contributed by atoms with Crippen molar-refractivity contribution in [1.82, 2.24) is 14.8 Å². The summed E-state index contributed by atoms with van der Waals surface area (Å²) in [4.78, 5) is 14.5. The normalized spacial score (nSPS) is 10.1. The maximum Gasteiger partial charge on any atom is 0.409 e. The van der Waals surface area contributed by atoms with Crippen LogP contribution in [-0.2, 0) is 0 Å². The van der Waals surface area contributed by atoms with Crippen LogP contribution in [0.3, 0.4) is 0 Å². The number of hydrogen-bond acceptors (Lipinski definition) is 4. The lowest BCUT2D eigenvalue weighted by Crippen LogP contribution is -2.08. The third-order valence-electron chi connectivity index (χ3n) is 2.07. The number of hydrogen-bond donors (Lipinski definition) is 2. The quantitative estimate of drug-likeness (QED) is 0.906. The van der Waals surface area contributed by atoms with E-state index < -0.39 is 6.09 Å². The van der Waals surface area contributed by atoms with E-state index in [1.807, 2.05) is 0 Å². The van der Waals surface area contributed by atoms with Gasteiger partial charge >= 0.3 is 6.09 Å². The smallest absolute Gasteiger partial charge is 0.409 e. The van der Waals surface area contributed by atoms with E-state index in [2.05, 4.69) is 31.3 Å². The minimum absolute atomic E-state index is 0.393. The average molecular weight is 313 g/mol. The van der Waals surface area contributed by atoms with Crippen LogP contribution in [-0.4, -0.2) is 33.1 Å². The maximum atomic E-state index is 10.4. The molecule has 0 aromatic carbocycles. The molecule has 0 spiro atoms. The number of carboxylic acid groups (broad SMARTS) is 1. The number of anilines is 1. The highest BCUT2D eigenvalue weighted by Gasteiger charge is 2.08. The lowest BCUT2D eigenvalue weighted by atomic mass is 10.4. The van der Waals surface area contributed by atoms with Gasteiger partial charge in [-0.25, -0.2) is 14.5 Å². The Kier molecular flexibility index (Phi) is 3.47. The number of carbonyl (C=O) groups is 1. The number of methoxy groups -OCH3 is 1. The molecule has 2 heterocycles. The van der Waals surface area contributed by atoms with Crippen molar-refractivity contribution in [2.24, 2.45) is 0 Å². The molecule has 8 heteroatoms. The molecule has 0 saturated heterocycles. The van der Waals surface area contributed by atoms with Gasteiger partial charge in [0.25, 0.3) is 0 Å². The largest absolute Gasteiger partial charge is 0.479 e. The molecule has 2 N–H and O–H groups in total. The Bertz CT molecular complexity index is 567. The van der Waals surface area contributed by atoms with Gasteiger partial charge in [-0.05, 0) is 28.1 Å². The fraction of sp³-hybridized carbons (Fsp3) is 0.100. The van der Waals surface area contributed by atoms with Crippen molar-refractivity contribution >= 4 is 27.7 Å². The van der Waals surface area contributed by atoms with Crippen molar-refractivity contribution in [2.75, 3.05) is 12.4 Å². The van der Waals surface area contributed by atoms with Crippen LogP contribution in [0, 0.1) is 0 Å². The second-order valence-corrected chi connectivity index (χ2v) is 4.12. The molecule has 7 nitrogen and oxygen atoms in total. The van der Waals surface area contributed by atoms with Crippen LogP contribution in [0.1, 0.15) is 0 Å². The first-order valence-corrected chi connectivity index (χ1v) is 5.65. The molecule has 1 amide bonds. The van der Waals surface area contributed by atoms with E-state index in [1.54, 1.807) is 18.3 Å². The van der Waals surface area contributed by atoms with Crippen molar-refractivity contribution < 1.29 is 14.6 Å². The first kappa shape index (κ1) is 12.4. The fourth-order valence-corrected chi connectivity index (χ4v) is 1.75. The molecule has 0 fully saturated rings. The summed E-state index contributed by atoms with van der Waals surface area (Å²) >= 11 is 3.30. The lowest BCUT2D eigenvalue weighted by molar-refractivity contribution is 0.209. The molecular weight excluding hydrogens is 304 g/mol. The molecule has 18 heavy (non-hydrogen) atoms. The summed E-state index contributed by atoms with van der Waals surface area (Å²) in [6.45, 7) is 0. The van der Waals surface area contributed by atoms with Gasteiger partial charge in [0.1, 0.15) is 0 Å². The molecule has 0 unspecified atom stereocenters. The second-order valence-electron chi connectivity index (χ2n) is 3.27. The molecule has 0 aliphatic rings. The van der Waals surface area contributed by atoms with Gasteiger partial charge < -0.3 is 9.84 Å². The second kappa shape index (κ2) is 5.05. The third-order valence-corrected chi connectivity index (χ3v) is 2.61. The summed E-state index contributed by atoms with van der Waals surface area (Å²) in [5, 5.41) is 14.9. The summed E-state index contributed by atoms with van der Waals surface area (Å²) in [6, 6.07) is 3.24. The summed E-state index contributed by atoms with van der Waals surface area (Å²) < 4.78 is 7.26. The van der Waals surface area contributed by atoms with Gasteiger partial charge in [0.2, 0.25) is 5.88 Å². The van der Waals surface area contributed by atoms with Crippen LogP contribution in [0.2, 0.25) is 0 Å². The van der Waals surface area contributed by atoms with Crippen LogP contribution in [0.4, 0.5) is 10.5 Å². The zero-order valence-electron chi connectivity index (χ0n) is 9.29. The Morgan fingerprint density at radius 2 is 2.33 bits per heavy atom. The van der Waals surface area contributed by atoms with Crippen LogP contribution in [0.5, 0.6) is 5.88 Å². The van der Waals surface area contributed by atoms with Crippen molar-refractivity contribution in [3.05, 3.63) is 29.0 Å². The molecule has 2 aromatic rings. The third kappa shape index (κ3) is 2.59. The van der Waals surface area contributed by atoms with Gasteiger partial charge in [0.05, 0.1) is 29.7 Å². The van der Waals surface area contributed by atoms with E-state index in [-0.39, 0.29) is 0 Å². The predicted octanol–water partition coefficient (Wildman–Crippen LogP) is 2.13. The van der Waals surface area contributed by atoms with E-state index >= 15 is 0 Å². The number of aromatic nitrogens is 3. The Labute approximate surface area is 111 Å². The highest BCUT2D eigenvalue weighted by molar-refractivity contribution is 9.10. The van der Waals surface area contributed by atoms with E-state index in [0.717, 1.165) is 0 Å². The minimum atomic E-state index is -1.13. The minimum Gasteiger partial charge on any atom is -0.479 e. The molecule has 0 aliphatic carbocycles. The van der Waals surface area contributed by atoms with Crippen LogP contribution >= 0.6 is 15.9 Å².